The normalized spacial score (nSPS) is 21.4. The number of rotatable bonds is 8. The number of nitrogens with zero attached hydrogens (tertiary/aromatic N) is 1. The molecule has 0 bridgehead atoms. The predicted octanol–water partition coefficient (Wildman–Crippen LogP) is 1.98. The van der Waals surface area contributed by atoms with Gasteiger partial charge in [-0.25, -0.2) is 0 Å². The molecule has 1 aliphatic heterocycles. The predicted molar refractivity (Wildman–Crippen MR) is 73.4 cm³/mol. The molecule has 17 heavy (non-hydrogen) atoms. The number of nitrogens with one attached hydrogen (secondary N) is 1. The molecule has 1 atom stereocenters. The summed E-state index contributed by atoms with van der Waals surface area (Å²) in [7, 11) is 0. The highest BCUT2D eigenvalue weighted by Crippen LogP contribution is 2.11. The van der Waals surface area contributed by atoms with Crippen molar-refractivity contribution in [3.63, 3.8) is 0 Å². The maximum absolute atomic E-state index is 5.66. The minimum Gasteiger partial charge on any atom is -0.380 e. The van der Waals surface area contributed by atoms with Crippen molar-refractivity contribution in [3.05, 3.63) is 0 Å². The lowest BCUT2D eigenvalue weighted by Crippen LogP contribution is -2.39. The number of hydrogen-bond donors (Lipinski definition) is 1. The second kappa shape index (κ2) is 8.90. The van der Waals surface area contributed by atoms with Crippen LogP contribution in [-0.4, -0.2) is 50.8 Å². The van der Waals surface area contributed by atoms with Gasteiger partial charge >= 0.3 is 0 Å². The van der Waals surface area contributed by atoms with E-state index in [0.717, 1.165) is 32.2 Å². The molecular weight excluding hydrogens is 212 g/mol. The third-order valence-electron chi connectivity index (χ3n) is 3.37. The zero-order chi connectivity index (χ0) is 12.5. The van der Waals surface area contributed by atoms with Crippen LogP contribution in [0.4, 0.5) is 0 Å². The summed E-state index contributed by atoms with van der Waals surface area (Å²) in [5, 5.41) is 3.49. The molecule has 1 aliphatic rings. The van der Waals surface area contributed by atoms with E-state index in [0.29, 0.717) is 5.92 Å². The van der Waals surface area contributed by atoms with Crippen LogP contribution in [0.3, 0.4) is 0 Å². The zero-order valence-corrected chi connectivity index (χ0v) is 11.9. The molecule has 0 spiro atoms. The van der Waals surface area contributed by atoms with Crippen molar-refractivity contribution in [2.24, 2.45) is 11.8 Å². The molecule has 3 heteroatoms. The number of piperidine rings is 1. The number of ether oxygens (including phenoxy) is 1. The molecule has 1 rings (SSSR count). The summed E-state index contributed by atoms with van der Waals surface area (Å²) in [6, 6.07) is 0. The summed E-state index contributed by atoms with van der Waals surface area (Å²) in [6.45, 7) is 14.3. The van der Waals surface area contributed by atoms with E-state index >= 15 is 0 Å². The van der Waals surface area contributed by atoms with Crippen molar-refractivity contribution in [2.45, 2.75) is 33.6 Å². The van der Waals surface area contributed by atoms with Gasteiger partial charge in [-0.15, -0.1) is 0 Å². The molecule has 0 aromatic carbocycles. The first-order valence-corrected chi connectivity index (χ1v) is 7.23. The fraction of sp³-hybridized carbons (Fsp3) is 1.00. The second-order valence-corrected chi connectivity index (χ2v) is 5.57. The van der Waals surface area contributed by atoms with E-state index in [1.54, 1.807) is 0 Å². The first kappa shape index (κ1) is 14.9. The Hall–Kier alpha value is -0.120. The lowest BCUT2D eigenvalue weighted by atomic mass is 9.99. The minimum atomic E-state index is 0.646. The summed E-state index contributed by atoms with van der Waals surface area (Å²) >= 11 is 0. The molecule has 0 aromatic rings. The van der Waals surface area contributed by atoms with Gasteiger partial charge in [-0.05, 0) is 44.3 Å². The maximum atomic E-state index is 5.66. The molecular formula is C14H30N2O. The molecule has 102 valence electrons. The van der Waals surface area contributed by atoms with E-state index in [1.807, 2.05) is 0 Å². The van der Waals surface area contributed by atoms with Gasteiger partial charge in [0.15, 0.2) is 0 Å². The molecule has 1 heterocycles. The Kier molecular flexibility index (Phi) is 7.82. The van der Waals surface area contributed by atoms with Gasteiger partial charge in [-0.3, -0.25) is 0 Å². The fourth-order valence-corrected chi connectivity index (χ4v) is 2.34. The first-order chi connectivity index (χ1) is 8.22. The molecule has 0 aromatic heterocycles. The molecule has 1 saturated heterocycles. The minimum absolute atomic E-state index is 0.646. The topological polar surface area (TPSA) is 24.5 Å². The summed E-state index contributed by atoms with van der Waals surface area (Å²) in [5.74, 6) is 1.49. The van der Waals surface area contributed by atoms with Crippen LogP contribution in [0, 0.1) is 11.8 Å². The Bertz CT molecular complexity index is 179. The molecule has 0 aliphatic carbocycles. The Balaban J connectivity index is 2.09. The van der Waals surface area contributed by atoms with Crippen LogP contribution in [0.1, 0.15) is 33.6 Å². The highest BCUT2D eigenvalue weighted by molar-refractivity contribution is 4.72. The Morgan fingerprint density at radius 3 is 2.82 bits per heavy atom. The average Bonchev–Trinajstić information content (AvgIpc) is 2.34. The Labute approximate surface area is 107 Å². The average molecular weight is 242 g/mol. The van der Waals surface area contributed by atoms with E-state index in [9.17, 15) is 0 Å². The molecule has 0 radical (unpaired) electrons. The highest BCUT2D eigenvalue weighted by Gasteiger charge is 2.15. The van der Waals surface area contributed by atoms with Crippen LogP contribution in [0.25, 0.3) is 0 Å². The monoisotopic (exact) mass is 242 g/mol. The largest absolute Gasteiger partial charge is 0.380 e. The summed E-state index contributed by atoms with van der Waals surface area (Å²) < 4.78 is 5.66. The van der Waals surface area contributed by atoms with E-state index in [1.165, 1.54) is 32.5 Å². The van der Waals surface area contributed by atoms with Gasteiger partial charge in [-0.2, -0.15) is 0 Å². The van der Waals surface area contributed by atoms with Gasteiger partial charge in [0.05, 0.1) is 6.61 Å². The van der Waals surface area contributed by atoms with Crippen molar-refractivity contribution >= 4 is 0 Å². The number of hydrogen-bond acceptors (Lipinski definition) is 3. The van der Waals surface area contributed by atoms with Crippen LogP contribution < -0.4 is 5.32 Å². The van der Waals surface area contributed by atoms with Gasteiger partial charge in [0, 0.05) is 19.7 Å². The highest BCUT2D eigenvalue weighted by atomic mass is 16.5. The SMILES string of the molecule is CCN(CCOCC(C)C)CC1CCCNC1. The van der Waals surface area contributed by atoms with Gasteiger partial charge in [0.25, 0.3) is 0 Å². The van der Waals surface area contributed by atoms with E-state index in [-0.39, 0.29) is 0 Å². The Morgan fingerprint density at radius 2 is 2.24 bits per heavy atom. The third kappa shape index (κ3) is 7.02. The molecule has 3 nitrogen and oxygen atoms in total. The zero-order valence-electron chi connectivity index (χ0n) is 11.9. The van der Waals surface area contributed by atoms with Crippen LogP contribution in [0.5, 0.6) is 0 Å². The maximum Gasteiger partial charge on any atom is 0.0593 e. The van der Waals surface area contributed by atoms with Crippen LogP contribution in [0.2, 0.25) is 0 Å². The lowest BCUT2D eigenvalue weighted by molar-refractivity contribution is 0.0807. The van der Waals surface area contributed by atoms with Gasteiger partial charge < -0.3 is 15.0 Å². The van der Waals surface area contributed by atoms with Crippen LogP contribution >= 0.6 is 0 Å². The van der Waals surface area contributed by atoms with E-state index in [2.05, 4.69) is 31.0 Å². The van der Waals surface area contributed by atoms with Crippen molar-refractivity contribution in [1.29, 1.82) is 0 Å². The van der Waals surface area contributed by atoms with Gasteiger partial charge in [0.2, 0.25) is 0 Å². The van der Waals surface area contributed by atoms with E-state index in [4.69, 9.17) is 4.74 Å². The second-order valence-electron chi connectivity index (χ2n) is 5.57. The summed E-state index contributed by atoms with van der Waals surface area (Å²) in [4.78, 5) is 2.53. The van der Waals surface area contributed by atoms with Crippen LogP contribution in [-0.2, 0) is 4.74 Å². The fourth-order valence-electron chi connectivity index (χ4n) is 2.34. The van der Waals surface area contributed by atoms with Gasteiger partial charge in [0.1, 0.15) is 0 Å². The van der Waals surface area contributed by atoms with Crippen molar-refractivity contribution < 1.29 is 4.74 Å². The smallest absolute Gasteiger partial charge is 0.0593 e. The standard InChI is InChI=1S/C14H30N2O/c1-4-16(8-9-17-12-13(2)3)11-14-6-5-7-15-10-14/h13-15H,4-12H2,1-3H3. The first-order valence-electron chi connectivity index (χ1n) is 7.23. The third-order valence-corrected chi connectivity index (χ3v) is 3.37. The summed E-state index contributed by atoms with van der Waals surface area (Å²) in [6.07, 6.45) is 2.72. The van der Waals surface area contributed by atoms with Gasteiger partial charge in [-0.1, -0.05) is 20.8 Å². The summed E-state index contributed by atoms with van der Waals surface area (Å²) in [5.41, 5.74) is 0. The number of likely N-dealkylation sites (N-methyl/N-ethyl adjacent to an activating group) is 1. The van der Waals surface area contributed by atoms with E-state index < -0.39 is 0 Å². The molecule has 0 saturated carbocycles. The van der Waals surface area contributed by atoms with Crippen molar-refractivity contribution in [1.82, 2.24) is 10.2 Å². The van der Waals surface area contributed by atoms with Crippen LogP contribution in [0.15, 0.2) is 0 Å². The quantitative estimate of drug-likeness (QED) is 0.659. The molecule has 0 amide bonds. The van der Waals surface area contributed by atoms with Crippen molar-refractivity contribution in [3.8, 4) is 0 Å². The molecule has 1 fully saturated rings. The van der Waals surface area contributed by atoms with Crippen molar-refractivity contribution in [2.75, 3.05) is 45.9 Å². The molecule has 1 N–H and O–H groups in total. The Morgan fingerprint density at radius 1 is 1.41 bits per heavy atom. The lowest BCUT2D eigenvalue weighted by Gasteiger charge is -2.29. The molecule has 1 unspecified atom stereocenters.